The van der Waals surface area contributed by atoms with Gasteiger partial charge in [0.05, 0.1) is 12.8 Å². The fourth-order valence-electron chi connectivity index (χ4n) is 2.36. The number of aromatic amines is 1. The zero-order chi connectivity index (χ0) is 16.9. The van der Waals surface area contributed by atoms with Gasteiger partial charge in [-0.15, -0.1) is 0 Å². The van der Waals surface area contributed by atoms with Crippen molar-refractivity contribution in [2.24, 2.45) is 5.10 Å². The highest BCUT2D eigenvalue weighted by Crippen LogP contribution is 2.19. The molecule has 122 valence electrons. The molecule has 0 saturated heterocycles. The summed E-state index contributed by atoms with van der Waals surface area (Å²) in [6.45, 7) is 4.59. The number of hydrogen-bond donors (Lipinski definition) is 1. The monoisotopic (exact) mass is 338 g/mol. The third kappa shape index (κ3) is 3.44. The molecule has 6 heteroatoms. The predicted octanol–water partition coefficient (Wildman–Crippen LogP) is 4.20. The Kier molecular flexibility index (Phi) is 4.86. The molecule has 0 unspecified atom stereocenters. The summed E-state index contributed by atoms with van der Waals surface area (Å²) in [6.07, 6.45) is 1.73. The zero-order valence-corrected chi connectivity index (χ0v) is 14.4. The molecule has 24 heavy (non-hydrogen) atoms. The van der Waals surface area contributed by atoms with E-state index in [2.05, 4.69) is 15.3 Å². The van der Waals surface area contributed by atoms with Gasteiger partial charge in [0, 0.05) is 11.1 Å². The van der Waals surface area contributed by atoms with Gasteiger partial charge >= 0.3 is 0 Å². The topological polar surface area (TPSA) is 55.2 Å². The van der Waals surface area contributed by atoms with Gasteiger partial charge in [-0.05, 0) is 44.3 Å². The van der Waals surface area contributed by atoms with Crippen molar-refractivity contribution in [3.63, 3.8) is 0 Å². The van der Waals surface area contributed by atoms with Crippen LogP contribution in [0.5, 0.6) is 5.75 Å². The quantitative estimate of drug-likeness (QED) is 0.560. The molecule has 0 aliphatic heterocycles. The molecule has 0 radical (unpaired) electrons. The Balaban J connectivity index is 2.00. The highest BCUT2D eigenvalue weighted by molar-refractivity contribution is 7.71. The number of benzene rings is 2. The van der Waals surface area contributed by atoms with Gasteiger partial charge in [-0.2, -0.15) is 14.9 Å². The van der Waals surface area contributed by atoms with Gasteiger partial charge in [0.15, 0.2) is 5.82 Å². The number of nitrogens with zero attached hydrogens (tertiary/aromatic N) is 3. The van der Waals surface area contributed by atoms with E-state index in [1.54, 1.807) is 10.9 Å². The number of para-hydroxylation sites is 1. The highest BCUT2D eigenvalue weighted by atomic mass is 32.1. The van der Waals surface area contributed by atoms with Crippen LogP contribution in [0.3, 0.4) is 0 Å². The molecule has 0 amide bonds. The normalized spacial score (nSPS) is 11.1. The van der Waals surface area contributed by atoms with Gasteiger partial charge in [0.2, 0.25) is 4.77 Å². The third-order valence-corrected chi connectivity index (χ3v) is 3.72. The Morgan fingerprint density at radius 1 is 1.25 bits per heavy atom. The van der Waals surface area contributed by atoms with E-state index in [1.165, 1.54) is 0 Å². The Bertz CT molecular complexity index is 927. The summed E-state index contributed by atoms with van der Waals surface area (Å²) >= 11 is 5.31. The van der Waals surface area contributed by atoms with E-state index in [4.69, 9.17) is 17.0 Å². The summed E-state index contributed by atoms with van der Waals surface area (Å²) in [5, 5.41) is 11.6. The first-order chi connectivity index (χ1) is 11.7. The lowest BCUT2D eigenvalue weighted by atomic mass is 10.1. The third-order valence-electron chi connectivity index (χ3n) is 3.46. The Morgan fingerprint density at radius 2 is 2.08 bits per heavy atom. The second-order valence-electron chi connectivity index (χ2n) is 5.25. The summed E-state index contributed by atoms with van der Waals surface area (Å²) < 4.78 is 7.68. The first-order valence-electron chi connectivity index (χ1n) is 7.69. The van der Waals surface area contributed by atoms with Gasteiger partial charge in [-0.1, -0.05) is 35.9 Å². The molecule has 0 spiro atoms. The fourth-order valence-corrected chi connectivity index (χ4v) is 2.54. The maximum Gasteiger partial charge on any atom is 0.216 e. The predicted molar refractivity (Wildman–Crippen MR) is 98.2 cm³/mol. The van der Waals surface area contributed by atoms with Gasteiger partial charge < -0.3 is 4.74 Å². The van der Waals surface area contributed by atoms with Gasteiger partial charge in [0.1, 0.15) is 5.75 Å². The number of ether oxygens (including phenoxy) is 1. The van der Waals surface area contributed by atoms with Crippen LogP contribution in [-0.4, -0.2) is 27.7 Å². The largest absolute Gasteiger partial charge is 0.493 e. The van der Waals surface area contributed by atoms with Crippen LogP contribution in [0.15, 0.2) is 53.6 Å². The minimum absolute atomic E-state index is 0.441. The number of hydrogen-bond acceptors (Lipinski definition) is 4. The molecule has 1 heterocycles. The van der Waals surface area contributed by atoms with Crippen molar-refractivity contribution in [1.29, 1.82) is 0 Å². The van der Waals surface area contributed by atoms with E-state index < -0.39 is 0 Å². The first kappa shape index (κ1) is 16.1. The second-order valence-corrected chi connectivity index (χ2v) is 5.64. The van der Waals surface area contributed by atoms with E-state index in [9.17, 15) is 0 Å². The van der Waals surface area contributed by atoms with Crippen molar-refractivity contribution >= 4 is 18.4 Å². The molecule has 0 saturated carbocycles. The number of rotatable bonds is 5. The molecule has 3 aromatic rings. The van der Waals surface area contributed by atoms with E-state index in [0.717, 1.165) is 22.4 Å². The molecule has 0 aliphatic carbocycles. The van der Waals surface area contributed by atoms with Crippen molar-refractivity contribution in [2.75, 3.05) is 6.61 Å². The molecular formula is C18H18N4OS. The summed E-state index contributed by atoms with van der Waals surface area (Å²) in [7, 11) is 0. The molecule has 3 rings (SSSR count). The lowest BCUT2D eigenvalue weighted by Crippen LogP contribution is -1.98. The molecule has 0 fully saturated rings. The van der Waals surface area contributed by atoms with Crippen LogP contribution in [-0.2, 0) is 0 Å². The van der Waals surface area contributed by atoms with Crippen molar-refractivity contribution < 1.29 is 4.74 Å². The Morgan fingerprint density at radius 3 is 2.88 bits per heavy atom. The number of H-pyrrole nitrogens is 1. The van der Waals surface area contributed by atoms with Crippen molar-refractivity contribution in [3.05, 3.63) is 64.4 Å². The molecule has 0 bridgehead atoms. The molecule has 1 N–H and O–H groups in total. The maximum atomic E-state index is 5.62. The number of aromatic nitrogens is 3. The molecule has 1 aromatic heterocycles. The van der Waals surface area contributed by atoms with Crippen molar-refractivity contribution in [1.82, 2.24) is 14.9 Å². The summed E-state index contributed by atoms with van der Waals surface area (Å²) in [5.41, 5.74) is 2.99. The minimum atomic E-state index is 0.441. The molecular weight excluding hydrogens is 320 g/mol. The fraction of sp³-hybridized carbons (Fsp3) is 0.167. The summed E-state index contributed by atoms with van der Waals surface area (Å²) in [5.74, 6) is 1.46. The second kappa shape index (κ2) is 7.23. The minimum Gasteiger partial charge on any atom is -0.493 e. The first-order valence-corrected chi connectivity index (χ1v) is 8.10. The van der Waals surface area contributed by atoms with Crippen LogP contribution in [0, 0.1) is 11.7 Å². The Hall–Kier alpha value is -2.73. The molecule has 5 nitrogen and oxygen atoms in total. The smallest absolute Gasteiger partial charge is 0.216 e. The molecule has 0 atom stereocenters. The SMILES string of the molecule is CCOc1ccccc1/C=N/n1c(-c2cccc(C)c2)n[nH]c1=S. The maximum absolute atomic E-state index is 5.62. The average molecular weight is 338 g/mol. The number of nitrogens with one attached hydrogen (secondary N) is 1. The van der Waals surface area contributed by atoms with E-state index >= 15 is 0 Å². The van der Waals surface area contributed by atoms with Crippen molar-refractivity contribution in [3.8, 4) is 17.1 Å². The van der Waals surface area contributed by atoms with Crippen LogP contribution < -0.4 is 4.74 Å². The lowest BCUT2D eigenvalue weighted by Gasteiger charge is -2.06. The van der Waals surface area contributed by atoms with Crippen LogP contribution in [0.25, 0.3) is 11.4 Å². The highest BCUT2D eigenvalue weighted by Gasteiger charge is 2.08. The Labute approximate surface area is 145 Å². The van der Waals surface area contributed by atoms with Crippen molar-refractivity contribution in [2.45, 2.75) is 13.8 Å². The van der Waals surface area contributed by atoms with Gasteiger partial charge in [-0.25, -0.2) is 5.10 Å². The average Bonchev–Trinajstić information content (AvgIpc) is 2.95. The van der Waals surface area contributed by atoms with Gasteiger partial charge in [-0.3, -0.25) is 0 Å². The molecule has 0 aliphatic rings. The summed E-state index contributed by atoms with van der Waals surface area (Å²) in [6, 6.07) is 15.8. The summed E-state index contributed by atoms with van der Waals surface area (Å²) in [4.78, 5) is 0. The van der Waals surface area contributed by atoms with E-state index in [-0.39, 0.29) is 0 Å². The lowest BCUT2D eigenvalue weighted by molar-refractivity contribution is 0.340. The van der Waals surface area contributed by atoms with Crippen LogP contribution in [0.1, 0.15) is 18.1 Å². The standard InChI is InChI=1S/C18H18N4OS/c1-3-23-16-10-5-4-8-15(16)12-19-22-17(20-21-18(22)24)14-9-6-7-13(2)11-14/h4-12H,3H2,1-2H3,(H,21,24)/b19-12+. The van der Waals surface area contributed by atoms with Crippen LogP contribution >= 0.6 is 12.2 Å². The zero-order valence-electron chi connectivity index (χ0n) is 13.6. The molecule has 2 aromatic carbocycles. The number of aryl methyl sites for hydroxylation is 1. The van der Waals surface area contributed by atoms with E-state index in [1.807, 2.05) is 62.4 Å². The van der Waals surface area contributed by atoms with E-state index in [0.29, 0.717) is 17.2 Å². The van der Waals surface area contributed by atoms with Gasteiger partial charge in [0.25, 0.3) is 0 Å². The van der Waals surface area contributed by atoms with Crippen LogP contribution in [0.4, 0.5) is 0 Å². The van der Waals surface area contributed by atoms with Crippen LogP contribution in [0.2, 0.25) is 0 Å².